The van der Waals surface area contributed by atoms with E-state index in [1.807, 2.05) is 7.11 Å². The van der Waals surface area contributed by atoms with Crippen LogP contribution in [0.1, 0.15) is 32.1 Å². The summed E-state index contributed by atoms with van der Waals surface area (Å²) in [6.45, 7) is 2.26. The Bertz CT molecular complexity index is 174. The maximum Gasteiger partial charge on any atom is 0.0713 e. The Morgan fingerprint density at radius 2 is 2.21 bits per heavy atom. The van der Waals surface area contributed by atoms with Crippen LogP contribution in [0.3, 0.4) is 0 Å². The molecule has 0 aromatic rings. The number of nitrogens with one attached hydrogen (secondary N) is 1. The number of hydrogen-bond donors (Lipinski definition) is 1. The van der Waals surface area contributed by atoms with Crippen LogP contribution in [0.2, 0.25) is 0 Å². The van der Waals surface area contributed by atoms with Crippen molar-refractivity contribution in [3.05, 3.63) is 0 Å². The predicted molar refractivity (Wildman–Crippen MR) is 61.9 cm³/mol. The second-order valence-electron chi connectivity index (χ2n) is 4.48. The molecule has 2 nitrogen and oxygen atoms in total. The fourth-order valence-corrected chi connectivity index (χ4v) is 4.02. The van der Waals surface area contributed by atoms with Gasteiger partial charge >= 0.3 is 0 Å². The molecule has 1 atom stereocenters. The minimum atomic E-state index is 0.202. The normalized spacial score (nSPS) is 31.9. The molecule has 2 aliphatic heterocycles. The highest BCUT2D eigenvalue weighted by atomic mass is 32.2. The molecule has 2 heterocycles. The van der Waals surface area contributed by atoms with Crippen LogP contribution in [0.4, 0.5) is 0 Å². The Balaban J connectivity index is 1.89. The molecule has 1 unspecified atom stereocenters. The number of ether oxygens (including phenoxy) is 1. The lowest BCUT2D eigenvalue weighted by molar-refractivity contribution is -0.0404. The zero-order valence-electron chi connectivity index (χ0n) is 9.05. The maximum absolute atomic E-state index is 5.79. The smallest absolute Gasteiger partial charge is 0.0713 e. The average molecular weight is 215 g/mol. The van der Waals surface area contributed by atoms with Crippen molar-refractivity contribution >= 4 is 11.8 Å². The first-order valence-electron chi connectivity index (χ1n) is 5.72. The van der Waals surface area contributed by atoms with E-state index in [1.165, 1.54) is 37.9 Å². The Morgan fingerprint density at radius 1 is 1.43 bits per heavy atom. The quantitative estimate of drug-likeness (QED) is 0.778. The van der Waals surface area contributed by atoms with Crippen LogP contribution in [-0.4, -0.2) is 36.8 Å². The molecule has 2 rings (SSSR count). The fourth-order valence-electron chi connectivity index (χ4n) is 2.59. The Labute approximate surface area is 91.2 Å². The second kappa shape index (κ2) is 4.86. The van der Waals surface area contributed by atoms with Crippen molar-refractivity contribution in [1.29, 1.82) is 0 Å². The Kier molecular flexibility index (Phi) is 3.74. The third-order valence-corrected chi connectivity index (χ3v) is 4.97. The summed E-state index contributed by atoms with van der Waals surface area (Å²) in [7, 11) is 1.89. The van der Waals surface area contributed by atoms with E-state index in [1.54, 1.807) is 0 Å². The van der Waals surface area contributed by atoms with Gasteiger partial charge in [-0.2, -0.15) is 11.8 Å². The molecule has 2 saturated heterocycles. The molecule has 82 valence electrons. The first kappa shape index (κ1) is 10.8. The van der Waals surface area contributed by atoms with Gasteiger partial charge in [0.1, 0.15) is 0 Å². The van der Waals surface area contributed by atoms with Crippen LogP contribution in [0, 0.1) is 0 Å². The molecule has 0 aromatic carbocycles. The van der Waals surface area contributed by atoms with Gasteiger partial charge in [-0.15, -0.1) is 0 Å². The molecule has 0 aliphatic carbocycles. The zero-order chi connectivity index (χ0) is 9.86. The van der Waals surface area contributed by atoms with Gasteiger partial charge in [0.05, 0.1) is 5.60 Å². The summed E-state index contributed by atoms with van der Waals surface area (Å²) < 4.78 is 5.79. The predicted octanol–water partition coefficient (Wildman–Crippen LogP) is 2.04. The number of hydrogen-bond acceptors (Lipinski definition) is 3. The first-order valence-corrected chi connectivity index (χ1v) is 6.77. The molecular formula is C11H21NOS. The zero-order valence-corrected chi connectivity index (χ0v) is 9.87. The third kappa shape index (κ3) is 2.44. The third-order valence-electron chi connectivity index (χ3n) is 3.57. The van der Waals surface area contributed by atoms with Crippen molar-refractivity contribution in [2.24, 2.45) is 0 Å². The number of rotatable bonds is 3. The van der Waals surface area contributed by atoms with E-state index in [4.69, 9.17) is 4.74 Å². The monoisotopic (exact) mass is 215 g/mol. The van der Waals surface area contributed by atoms with Crippen LogP contribution in [0.25, 0.3) is 0 Å². The van der Waals surface area contributed by atoms with Crippen molar-refractivity contribution in [3.8, 4) is 0 Å². The van der Waals surface area contributed by atoms with Crippen LogP contribution in [0.15, 0.2) is 0 Å². The topological polar surface area (TPSA) is 21.3 Å². The second-order valence-corrected chi connectivity index (χ2v) is 5.88. The highest BCUT2D eigenvalue weighted by Crippen LogP contribution is 2.37. The van der Waals surface area contributed by atoms with Gasteiger partial charge in [-0.05, 0) is 50.9 Å². The molecule has 0 aromatic heterocycles. The van der Waals surface area contributed by atoms with E-state index in [0.29, 0.717) is 0 Å². The van der Waals surface area contributed by atoms with Crippen molar-refractivity contribution in [3.63, 3.8) is 0 Å². The average Bonchev–Trinajstić information content (AvgIpc) is 2.72. The number of thioether (sulfide) groups is 1. The van der Waals surface area contributed by atoms with E-state index in [9.17, 15) is 0 Å². The van der Waals surface area contributed by atoms with Crippen LogP contribution in [-0.2, 0) is 4.74 Å². The summed E-state index contributed by atoms with van der Waals surface area (Å²) >= 11 is 2.15. The van der Waals surface area contributed by atoms with Gasteiger partial charge < -0.3 is 10.1 Å². The van der Waals surface area contributed by atoms with E-state index >= 15 is 0 Å². The van der Waals surface area contributed by atoms with Crippen molar-refractivity contribution in [2.45, 2.75) is 43.0 Å². The van der Waals surface area contributed by atoms with Crippen LogP contribution < -0.4 is 5.32 Å². The molecule has 0 saturated carbocycles. The lowest BCUT2D eigenvalue weighted by Gasteiger charge is -2.38. The molecular weight excluding hydrogens is 194 g/mol. The lowest BCUT2D eigenvalue weighted by Crippen LogP contribution is -2.44. The Morgan fingerprint density at radius 3 is 2.79 bits per heavy atom. The maximum atomic E-state index is 5.79. The van der Waals surface area contributed by atoms with Gasteiger partial charge in [0.25, 0.3) is 0 Å². The van der Waals surface area contributed by atoms with E-state index < -0.39 is 0 Å². The lowest BCUT2D eigenvalue weighted by atomic mass is 9.86. The van der Waals surface area contributed by atoms with Crippen molar-refractivity contribution in [1.82, 2.24) is 5.32 Å². The summed E-state index contributed by atoms with van der Waals surface area (Å²) in [4.78, 5) is 0. The molecule has 0 radical (unpaired) electrons. The van der Waals surface area contributed by atoms with Gasteiger partial charge in [-0.3, -0.25) is 0 Å². The minimum Gasteiger partial charge on any atom is -0.378 e. The summed E-state index contributed by atoms with van der Waals surface area (Å²) in [6, 6.07) is 0. The van der Waals surface area contributed by atoms with Crippen LogP contribution in [0.5, 0.6) is 0 Å². The van der Waals surface area contributed by atoms with E-state index in [2.05, 4.69) is 17.1 Å². The number of methoxy groups -OCH3 is 1. The molecule has 0 spiro atoms. The summed E-state index contributed by atoms with van der Waals surface area (Å²) in [5, 5.41) is 4.28. The highest BCUT2D eigenvalue weighted by Gasteiger charge is 2.35. The van der Waals surface area contributed by atoms with Crippen molar-refractivity contribution in [2.75, 3.05) is 26.0 Å². The van der Waals surface area contributed by atoms with E-state index in [0.717, 1.165) is 18.3 Å². The molecule has 2 fully saturated rings. The summed E-state index contributed by atoms with van der Waals surface area (Å²) in [6.07, 6.45) is 6.48. The van der Waals surface area contributed by atoms with Crippen LogP contribution >= 0.6 is 11.8 Å². The number of piperidine rings is 1. The molecule has 3 heteroatoms. The highest BCUT2D eigenvalue weighted by molar-refractivity contribution is 8.00. The standard InChI is InChI=1S/C11H21NOS/c1-13-11(4-6-12-7-5-11)9-10-3-2-8-14-10/h10,12H,2-9H2,1H3. The Hall–Kier alpha value is 0.270. The van der Waals surface area contributed by atoms with Gasteiger partial charge in [0.15, 0.2) is 0 Å². The molecule has 0 bridgehead atoms. The SMILES string of the molecule is COC1(CC2CCCS2)CCNCC1. The summed E-state index contributed by atoms with van der Waals surface area (Å²) in [5.74, 6) is 1.36. The molecule has 0 amide bonds. The van der Waals surface area contributed by atoms with E-state index in [-0.39, 0.29) is 5.60 Å². The minimum absolute atomic E-state index is 0.202. The van der Waals surface area contributed by atoms with Gasteiger partial charge in [0.2, 0.25) is 0 Å². The summed E-state index contributed by atoms with van der Waals surface area (Å²) in [5.41, 5.74) is 0.202. The molecule has 1 N–H and O–H groups in total. The van der Waals surface area contributed by atoms with Gasteiger partial charge in [-0.1, -0.05) is 0 Å². The first-order chi connectivity index (χ1) is 6.85. The van der Waals surface area contributed by atoms with Gasteiger partial charge in [-0.25, -0.2) is 0 Å². The fraction of sp³-hybridized carbons (Fsp3) is 1.00. The van der Waals surface area contributed by atoms with Gasteiger partial charge in [0, 0.05) is 12.4 Å². The molecule has 2 aliphatic rings. The van der Waals surface area contributed by atoms with Crippen molar-refractivity contribution < 1.29 is 4.74 Å². The largest absolute Gasteiger partial charge is 0.378 e. The molecule has 14 heavy (non-hydrogen) atoms.